The molecule has 1 aliphatic carbocycles. The van der Waals surface area contributed by atoms with Crippen molar-refractivity contribution in [3.63, 3.8) is 0 Å². The van der Waals surface area contributed by atoms with E-state index in [1.807, 2.05) is 19.9 Å². The van der Waals surface area contributed by atoms with Crippen LogP contribution in [0.4, 0.5) is 0 Å². The van der Waals surface area contributed by atoms with Gasteiger partial charge in [-0.05, 0) is 6.08 Å². The van der Waals surface area contributed by atoms with E-state index in [1.165, 1.54) is 0 Å². The Morgan fingerprint density at radius 2 is 1.95 bits per heavy atom. The zero-order valence-electron chi connectivity index (χ0n) is 11.9. The van der Waals surface area contributed by atoms with Crippen molar-refractivity contribution < 1.29 is 20.1 Å². The first-order chi connectivity index (χ1) is 9.86. The maximum Gasteiger partial charge on any atom is 0.111 e. The number of hydrogen-bond donors (Lipinski definition) is 4. The predicted octanol–water partition coefficient (Wildman–Crippen LogP) is 0.710. The second-order valence-corrected chi connectivity index (χ2v) is 6.55. The van der Waals surface area contributed by atoms with Crippen LogP contribution >= 0.6 is 23.2 Å². The molecular weight excluding hydrogens is 317 g/mol. The monoisotopic (exact) mass is 337 g/mol. The molecule has 1 saturated heterocycles. The molecule has 0 amide bonds. The molecule has 6 atom stereocenters. The van der Waals surface area contributed by atoms with E-state index in [0.29, 0.717) is 10.1 Å². The minimum absolute atomic E-state index is 0.177. The molecule has 0 radical (unpaired) electrons. The Kier molecular flexibility index (Phi) is 5.71. The minimum Gasteiger partial charge on any atom is -0.394 e. The average Bonchev–Trinajstić information content (AvgIpc) is 2.70. The van der Waals surface area contributed by atoms with Crippen LogP contribution in [0, 0.1) is 5.92 Å². The SMILES string of the molecule is CC(C)NC1C=CC(Cl)=C(Cl)C1[C@@H]1O[C@@H](CO)[C@H](O)[C@@H]1O. The highest BCUT2D eigenvalue weighted by Gasteiger charge is 2.49. The van der Waals surface area contributed by atoms with Crippen molar-refractivity contribution in [1.82, 2.24) is 5.32 Å². The number of hydrogen-bond acceptors (Lipinski definition) is 5. The van der Waals surface area contributed by atoms with Gasteiger partial charge in [-0.1, -0.05) is 43.1 Å². The van der Waals surface area contributed by atoms with Gasteiger partial charge in [-0.25, -0.2) is 0 Å². The van der Waals surface area contributed by atoms with Crippen molar-refractivity contribution in [1.29, 1.82) is 0 Å². The van der Waals surface area contributed by atoms with Gasteiger partial charge in [-0.2, -0.15) is 0 Å². The molecule has 1 heterocycles. The van der Waals surface area contributed by atoms with Gasteiger partial charge in [0.1, 0.15) is 18.3 Å². The minimum atomic E-state index is -1.14. The van der Waals surface area contributed by atoms with Gasteiger partial charge in [0.15, 0.2) is 0 Å². The van der Waals surface area contributed by atoms with Crippen LogP contribution in [0.2, 0.25) is 0 Å². The molecule has 21 heavy (non-hydrogen) atoms. The molecule has 1 aliphatic heterocycles. The third-order valence-corrected chi connectivity index (χ3v) is 4.70. The smallest absolute Gasteiger partial charge is 0.111 e. The second-order valence-electron chi connectivity index (χ2n) is 5.73. The summed E-state index contributed by atoms with van der Waals surface area (Å²) in [6.07, 6.45) is -0.254. The summed E-state index contributed by atoms with van der Waals surface area (Å²) >= 11 is 12.4. The molecule has 2 unspecified atom stereocenters. The normalized spacial score (nSPS) is 40.4. The molecule has 120 valence electrons. The molecule has 7 heteroatoms. The Balaban J connectivity index is 2.27. The molecule has 0 bridgehead atoms. The summed E-state index contributed by atoms with van der Waals surface area (Å²) in [5.74, 6) is -0.423. The van der Waals surface area contributed by atoms with Crippen LogP contribution in [-0.4, -0.2) is 58.4 Å². The third-order valence-electron chi connectivity index (χ3n) is 3.82. The molecule has 2 aliphatic rings. The summed E-state index contributed by atoms with van der Waals surface area (Å²) in [6.45, 7) is 3.63. The Bertz CT molecular complexity index is 441. The average molecular weight is 338 g/mol. The van der Waals surface area contributed by atoms with Crippen LogP contribution in [0.3, 0.4) is 0 Å². The number of aliphatic hydroxyl groups is 3. The fourth-order valence-corrected chi connectivity index (χ4v) is 3.34. The van der Waals surface area contributed by atoms with Crippen molar-refractivity contribution in [2.24, 2.45) is 5.92 Å². The maximum absolute atomic E-state index is 10.2. The van der Waals surface area contributed by atoms with Crippen molar-refractivity contribution in [3.05, 3.63) is 22.2 Å². The topological polar surface area (TPSA) is 82.0 Å². The summed E-state index contributed by atoms with van der Waals surface area (Å²) < 4.78 is 5.60. The Hall–Kier alpha value is -0.140. The lowest BCUT2D eigenvalue weighted by atomic mass is 9.86. The molecular formula is C14H21Cl2NO4. The van der Waals surface area contributed by atoms with Crippen LogP contribution < -0.4 is 5.32 Å². The first kappa shape index (κ1) is 17.2. The van der Waals surface area contributed by atoms with E-state index < -0.39 is 30.3 Å². The van der Waals surface area contributed by atoms with Crippen molar-refractivity contribution >= 4 is 23.2 Å². The van der Waals surface area contributed by atoms with Crippen LogP contribution in [0.5, 0.6) is 0 Å². The highest BCUT2D eigenvalue weighted by Crippen LogP contribution is 2.39. The largest absolute Gasteiger partial charge is 0.394 e. The standard InChI is InChI=1S/C14H21Cl2NO4/c1-6(2)17-8-4-3-7(15)11(16)10(8)14-13(20)12(19)9(5-18)21-14/h3-4,6,8-10,12-14,17-20H,5H2,1-2H3/t8?,9-,10?,12-,13-,14-/m0/s1. The van der Waals surface area contributed by atoms with Crippen molar-refractivity contribution in [2.45, 2.75) is 50.3 Å². The third kappa shape index (κ3) is 3.45. The van der Waals surface area contributed by atoms with Gasteiger partial charge in [-0.15, -0.1) is 0 Å². The van der Waals surface area contributed by atoms with Gasteiger partial charge in [-0.3, -0.25) is 0 Å². The summed E-state index contributed by atoms with van der Waals surface area (Å²) in [6, 6.07) is 0.0184. The van der Waals surface area contributed by atoms with Crippen molar-refractivity contribution in [2.75, 3.05) is 6.61 Å². The highest BCUT2D eigenvalue weighted by atomic mass is 35.5. The predicted molar refractivity (Wildman–Crippen MR) is 81.2 cm³/mol. The Morgan fingerprint density at radius 1 is 1.29 bits per heavy atom. The van der Waals surface area contributed by atoms with Crippen LogP contribution in [0.15, 0.2) is 22.2 Å². The molecule has 0 saturated carbocycles. The first-order valence-electron chi connectivity index (χ1n) is 6.98. The second kappa shape index (κ2) is 6.96. The maximum atomic E-state index is 10.2. The molecule has 0 spiro atoms. The molecule has 0 aromatic rings. The van der Waals surface area contributed by atoms with E-state index in [-0.39, 0.29) is 18.7 Å². The van der Waals surface area contributed by atoms with E-state index in [0.717, 1.165) is 0 Å². The summed E-state index contributed by atoms with van der Waals surface area (Å²) in [7, 11) is 0. The van der Waals surface area contributed by atoms with Gasteiger partial charge in [0.2, 0.25) is 0 Å². The lowest BCUT2D eigenvalue weighted by molar-refractivity contribution is -0.0397. The van der Waals surface area contributed by atoms with E-state index in [4.69, 9.17) is 27.9 Å². The van der Waals surface area contributed by atoms with Crippen LogP contribution in [0.1, 0.15) is 13.8 Å². The number of aliphatic hydroxyl groups excluding tert-OH is 3. The number of nitrogens with one attached hydrogen (secondary N) is 1. The highest BCUT2D eigenvalue weighted by molar-refractivity contribution is 6.40. The number of ether oxygens (including phenoxy) is 1. The molecule has 5 nitrogen and oxygen atoms in total. The van der Waals surface area contributed by atoms with Gasteiger partial charge in [0.05, 0.1) is 17.7 Å². The number of allylic oxidation sites excluding steroid dienone is 2. The van der Waals surface area contributed by atoms with E-state index in [1.54, 1.807) is 6.08 Å². The fraction of sp³-hybridized carbons (Fsp3) is 0.714. The van der Waals surface area contributed by atoms with Gasteiger partial charge >= 0.3 is 0 Å². The quantitative estimate of drug-likeness (QED) is 0.607. The lowest BCUT2D eigenvalue weighted by Crippen LogP contribution is -2.48. The summed E-state index contributed by atoms with van der Waals surface area (Å²) in [5, 5.41) is 33.4. The molecule has 4 N–H and O–H groups in total. The Morgan fingerprint density at radius 3 is 2.48 bits per heavy atom. The molecule has 0 aromatic carbocycles. The van der Waals surface area contributed by atoms with E-state index >= 15 is 0 Å². The van der Waals surface area contributed by atoms with Crippen molar-refractivity contribution in [3.8, 4) is 0 Å². The lowest BCUT2D eigenvalue weighted by Gasteiger charge is -2.35. The number of rotatable bonds is 4. The first-order valence-corrected chi connectivity index (χ1v) is 7.74. The number of halogens is 2. The van der Waals surface area contributed by atoms with Gasteiger partial charge < -0.3 is 25.4 Å². The van der Waals surface area contributed by atoms with Crippen LogP contribution in [-0.2, 0) is 4.74 Å². The van der Waals surface area contributed by atoms with Gasteiger partial charge in [0, 0.05) is 23.0 Å². The van der Waals surface area contributed by atoms with Gasteiger partial charge in [0.25, 0.3) is 0 Å². The molecule has 2 rings (SSSR count). The zero-order chi connectivity index (χ0) is 15.7. The zero-order valence-corrected chi connectivity index (χ0v) is 13.4. The summed E-state index contributed by atoms with van der Waals surface area (Å²) in [5.41, 5.74) is 0. The Labute approximate surface area is 134 Å². The van der Waals surface area contributed by atoms with E-state index in [9.17, 15) is 15.3 Å². The van der Waals surface area contributed by atoms with Crippen LogP contribution in [0.25, 0.3) is 0 Å². The van der Waals surface area contributed by atoms with E-state index in [2.05, 4.69) is 5.32 Å². The molecule has 1 fully saturated rings. The summed E-state index contributed by atoms with van der Waals surface area (Å²) in [4.78, 5) is 0. The fourth-order valence-electron chi connectivity index (χ4n) is 2.82. The molecule has 0 aromatic heterocycles.